The van der Waals surface area contributed by atoms with Crippen LogP contribution in [0.4, 0.5) is 5.69 Å². The fraction of sp³-hybridized carbons (Fsp3) is 0.471. The number of aromatic nitrogens is 3. The Balaban J connectivity index is 1.79. The summed E-state index contributed by atoms with van der Waals surface area (Å²) in [4.78, 5) is 15.1. The molecule has 0 N–H and O–H groups in total. The number of nitro benzene ring substituents is 1. The molecule has 7 heteroatoms. The van der Waals surface area contributed by atoms with E-state index in [1.165, 1.54) is 12.1 Å². The molecule has 2 unspecified atom stereocenters. The number of non-ortho nitro benzene ring substituents is 1. The van der Waals surface area contributed by atoms with Crippen LogP contribution in [-0.2, 0) is 10.3 Å². The molecule has 1 fully saturated rings. The molecule has 2 atom stereocenters. The van der Waals surface area contributed by atoms with Gasteiger partial charge in [0.15, 0.2) is 5.82 Å². The number of nitrogens with zero attached hydrogens (tertiary/aromatic N) is 4. The van der Waals surface area contributed by atoms with Gasteiger partial charge in [-0.1, -0.05) is 0 Å². The lowest BCUT2D eigenvalue weighted by Gasteiger charge is -2.52. The van der Waals surface area contributed by atoms with Crippen LogP contribution in [0.2, 0.25) is 0 Å². The summed E-state index contributed by atoms with van der Waals surface area (Å²) in [5.74, 6) is 0.678. The highest BCUT2D eigenvalue weighted by atomic mass is 16.6. The zero-order valence-electron chi connectivity index (χ0n) is 13.8. The Labute approximate surface area is 139 Å². The third-order valence-corrected chi connectivity index (χ3v) is 5.12. The monoisotopic (exact) mass is 326 g/mol. The maximum atomic E-state index is 10.8. The zero-order valence-corrected chi connectivity index (χ0v) is 13.8. The highest BCUT2D eigenvalue weighted by molar-refractivity contribution is 5.57. The van der Waals surface area contributed by atoms with Crippen molar-refractivity contribution < 1.29 is 9.66 Å². The lowest BCUT2D eigenvalue weighted by Crippen LogP contribution is -2.52. The van der Waals surface area contributed by atoms with Gasteiger partial charge in [-0.15, -0.1) is 10.2 Å². The first-order chi connectivity index (χ1) is 11.3. The van der Waals surface area contributed by atoms with E-state index >= 15 is 0 Å². The Kier molecular flexibility index (Phi) is 3.02. The minimum absolute atomic E-state index is 0.0470. The van der Waals surface area contributed by atoms with E-state index in [0.29, 0.717) is 5.82 Å². The summed E-state index contributed by atoms with van der Waals surface area (Å²) in [5.41, 5.74) is 1.81. The largest absolute Gasteiger partial charge is 0.362 e. The molecule has 1 aliphatic carbocycles. The molecule has 0 saturated carbocycles. The number of fused-ring (bicyclic) bond motifs is 2. The molecule has 1 saturated heterocycles. The van der Waals surface area contributed by atoms with Gasteiger partial charge in [-0.05, 0) is 45.7 Å². The van der Waals surface area contributed by atoms with Crippen LogP contribution in [0, 0.1) is 10.1 Å². The van der Waals surface area contributed by atoms with Crippen molar-refractivity contribution in [2.45, 2.75) is 50.7 Å². The summed E-state index contributed by atoms with van der Waals surface area (Å²) in [7, 11) is 0. The average Bonchev–Trinajstić information content (AvgIpc) is 2.53. The Hall–Kier alpha value is -2.41. The molecule has 2 aromatic rings. The lowest BCUT2D eigenvalue weighted by molar-refractivity contribution is -0.384. The number of ether oxygens (including phenoxy) is 1. The van der Waals surface area contributed by atoms with Crippen LogP contribution in [0.25, 0.3) is 11.4 Å². The van der Waals surface area contributed by atoms with Crippen molar-refractivity contribution in [3.63, 3.8) is 0 Å². The van der Waals surface area contributed by atoms with Gasteiger partial charge in [-0.2, -0.15) is 0 Å². The summed E-state index contributed by atoms with van der Waals surface area (Å²) in [6, 6.07) is 6.23. The Bertz CT molecular complexity index is 834. The molecule has 0 radical (unpaired) electrons. The van der Waals surface area contributed by atoms with E-state index in [2.05, 4.69) is 24.0 Å². The Morgan fingerprint density at radius 3 is 2.54 bits per heavy atom. The van der Waals surface area contributed by atoms with Crippen molar-refractivity contribution in [3.8, 4) is 11.4 Å². The van der Waals surface area contributed by atoms with Crippen molar-refractivity contribution in [1.29, 1.82) is 0 Å². The zero-order chi connectivity index (χ0) is 17.1. The summed E-state index contributed by atoms with van der Waals surface area (Å²) in [5, 5.41) is 19.4. The van der Waals surface area contributed by atoms with Crippen LogP contribution in [0.15, 0.2) is 24.3 Å². The minimum atomic E-state index is -0.443. The predicted molar refractivity (Wildman–Crippen MR) is 86.4 cm³/mol. The van der Waals surface area contributed by atoms with Crippen molar-refractivity contribution in [2.24, 2.45) is 0 Å². The van der Waals surface area contributed by atoms with E-state index in [1.54, 1.807) is 12.1 Å². The molecule has 3 aliphatic rings. The molecule has 0 spiro atoms. The number of hydrogen-bond donors (Lipinski definition) is 0. The molecule has 124 valence electrons. The summed E-state index contributed by atoms with van der Waals surface area (Å²) in [6.07, 6.45) is 1.93. The molecular formula is C17H18N4O3. The van der Waals surface area contributed by atoms with E-state index in [4.69, 9.17) is 9.72 Å². The van der Waals surface area contributed by atoms with Crippen molar-refractivity contribution >= 4 is 5.69 Å². The van der Waals surface area contributed by atoms with Gasteiger partial charge < -0.3 is 4.74 Å². The number of nitro groups is 1. The fourth-order valence-corrected chi connectivity index (χ4v) is 3.91. The van der Waals surface area contributed by atoms with E-state index in [0.717, 1.165) is 29.8 Å². The maximum Gasteiger partial charge on any atom is 0.269 e. The minimum Gasteiger partial charge on any atom is -0.362 e. The van der Waals surface area contributed by atoms with Crippen molar-refractivity contribution in [2.75, 3.05) is 0 Å². The first-order valence-corrected chi connectivity index (χ1v) is 8.00. The smallest absolute Gasteiger partial charge is 0.269 e. The van der Waals surface area contributed by atoms with Crippen LogP contribution in [0.1, 0.15) is 50.9 Å². The summed E-state index contributed by atoms with van der Waals surface area (Å²) < 4.78 is 6.26. The highest BCUT2D eigenvalue weighted by Gasteiger charge is 2.54. The molecule has 7 nitrogen and oxygen atoms in total. The first-order valence-electron chi connectivity index (χ1n) is 8.00. The molecule has 5 rings (SSSR count). The van der Waals surface area contributed by atoms with Gasteiger partial charge in [0.25, 0.3) is 5.69 Å². The van der Waals surface area contributed by atoms with Crippen LogP contribution in [0.3, 0.4) is 0 Å². The maximum absolute atomic E-state index is 10.8. The molecule has 1 aromatic heterocycles. The molecular weight excluding hydrogens is 308 g/mol. The Morgan fingerprint density at radius 2 is 1.92 bits per heavy atom. The fourth-order valence-electron chi connectivity index (χ4n) is 3.91. The molecule has 24 heavy (non-hydrogen) atoms. The molecule has 0 amide bonds. The van der Waals surface area contributed by atoms with E-state index in [1.807, 2.05) is 6.92 Å². The third-order valence-electron chi connectivity index (χ3n) is 5.12. The average molecular weight is 326 g/mol. The lowest BCUT2D eigenvalue weighted by atomic mass is 9.69. The van der Waals surface area contributed by atoms with E-state index in [-0.39, 0.29) is 17.2 Å². The van der Waals surface area contributed by atoms with Crippen LogP contribution in [0.5, 0.6) is 0 Å². The molecule has 1 aromatic carbocycles. The van der Waals surface area contributed by atoms with Gasteiger partial charge in [0.1, 0.15) is 11.3 Å². The first kappa shape index (κ1) is 15.1. The van der Waals surface area contributed by atoms with Crippen LogP contribution < -0.4 is 0 Å². The molecule has 2 bridgehead atoms. The number of hydrogen-bond acceptors (Lipinski definition) is 6. The Morgan fingerprint density at radius 1 is 1.21 bits per heavy atom. The van der Waals surface area contributed by atoms with Crippen LogP contribution in [-0.4, -0.2) is 25.7 Å². The molecule has 2 aliphatic heterocycles. The second-order valence-electron chi connectivity index (χ2n) is 7.20. The summed E-state index contributed by atoms with van der Waals surface area (Å²) in [6.45, 7) is 6.22. The normalized spacial score (nSPS) is 26.9. The number of rotatable bonds is 2. The van der Waals surface area contributed by atoms with Crippen LogP contribution >= 0.6 is 0 Å². The van der Waals surface area contributed by atoms with E-state index < -0.39 is 10.5 Å². The van der Waals surface area contributed by atoms with Gasteiger partial charge in [0, 0.05) is 23.6 Å². The second-order valence-corrected chi connectivity index (χ2v) is 7.20. The van der Waals surface area contributed by atoms with E-state index in [9.17, 15) is 10.1 Å². The number of benzene rings is 1. The van der Waals surface area contributed by atoms with Gasteiger partial charge in [-0.25, -0.2) is 4.98 Å². The van der Waals surface area contributed by atoms with Gasteiger partial charge >= 0.3 is 0 Å². The summed E-state index contributed by atoms with van der Waals surface area (Å²) >= 11 is 0. The SMILES string of the molecule is CC12CCC(c3nc(-c4ccc([N+](=O)[O-])cc4)nnc31)C(C)(C)O2. The molecule has 3 heterocycles. The van der Waals surface area contributed by atoms with Crippen molar-refractivity contribution in [3.05, 3.63) is 45.8 Å². The highest BCUT2D eigenvalue weighted by Crippen LogP contribution is 2.54. The van der Waals surface area contributed by atoms with Gasteiger partial charge in [0.2, 0.25) is 0 Å². The van der Waals surface area contributed by atoms with Gasteiger partial charge in [-0.3, -0.25) is 10.1 Å². The second kappa shape index (κ2) is 4.80. The van der Waals surface area contributed by atoms with Crippen molar-refractivity contribution in [1.82, 2.24) is 15.2 Å². The quantitative estimate of drug-likeness (QED) is 0.621. The standard InChI is InChI=1S/C17H18N4O3/c1-16(2)12-8-9-17(3,24-16)14-13(12)18-15(20-19-14)10-4-6-11(7-5-10)21(22)23/h4-7,12H,8-9H2,1-3H3. The third kappa shape index (κ3) is 2.11. The van der Waals surface area contributed by atoms with Gasteiger partial charge in [0.05, 0.1) is 16.2 Å². The predicted octanol–water partition coefficient (Wildman–Crippen LogP) is 3.35. The topological polar surface area (TPSA) is 91.0 Å².